The van der Waals surface area contributed by atoms with Gasteiger partial charge in [0.15, 0.2) is 6.21 Å². The predicted octanol–water partition coefficient (Wildman–Crippen LogP) is 7.52. The third-order valence-electron chi connectivity index (χ3n) is 7.84. The van der Waals surface area contributed by atoms with E-state index in [9.17, 15) is 0 Å². The van der Waals surface area contributed by atoms with Gasteiger partial charge in [-0.1, -0.05) is 94.4 Å². The minimum atomic E-state index is -0.225. The average Bonchev–Trinajstić information content (AvgIpc) is 2.93. The maximum Gasteiger partial charge on any atom is 0.292 e. The number of hydrogen-bond donors (Lipinski definition) is 0. The summed E-state index contributed by atoms with van der Waals surface area (Å²) in [5.74, 6) is 0.975. The smallest absolute Gasteiger partial charge is 0.292 e. The fraction of sp³-hybridized carbons (Fsp3) is 0.265. The van der Waals surface area contributed by atoms with Gasteiger partial charge >= 0.3 is 0 Å². The van der Waals surface area contributed by atoms with Crippen LogP contribution in [0, 0.1) is 0 Å². The fourth-order valence-corrected chi connectivity index (χ4v) is 5.20. The van der Waals surface area contributed by atoms with Crippen LogP contribution in [0.5, 0.6) is 5.75 Å². The zero-order valence-corrected chi connectivity index (χ0v) is 22.8. The van der Waals surface area contributed by atoms with Gasteiger partial charge in [0.1, 0.15) is 5.75 Å². The van der Waals surface area contributed by atoms with Gasteiger partial charge in [-0.05, 0) is 34.9 Å². The van der Waals surface area contributed by atoms with E-state index in [0.29, 0.717) is 6.73 Å². The summed E-state index contributed by atoms with van der Waals surface area (Å²) in [4.78, 5) is 2.12. The maximum atomic E-state index is 6.56. The van der Waals surface area contributed by atoms with E-state index in [2.05, 4.69) is 155 Å². The highest BCUT2D eigenvalue weighted by Gasteiger charge is 2.34. The zero-order chi connectivity index (χ0) is 26.2. The highest BCUT2D eigenvalue weighted by Crippen LogP contribution is 2.44. The SMILES string of the molecule is CN(C)c1ccc([N+]2=Cc3cc(C(C)(C)c4ccccc4)cc(C(C)(C)c4ccccc4)c3OC2)cc1. The van der Waals surface area contributed by atoms with E-state index in [4.69, 9.17) is 4.74 Å². The topological polar surface area (TPSA) is 15.5 Å². The van der Waals surface area contributed by atoms with Crippen molar-refractivity contribution in [3.63, 3.8) is 0 Å². The number of anilines is 1. The lowest BCUT2D eigenvalue weighted by Crippen LogP contribution is -2.28. The molecule has 3 nitrogen and oxygen atoms in total. The molecule has 0 atom stereocenters. The zero-order valence-electron chi connectivity index (χ0n) is 22.8. The first-order chi connectivity index (χ1) is 17.7. The molecular weight excluding hydrogens is 452 g/mol. The van der Waals surface area contributed by atoms with Crippen LogP contribution in [0.15, 0.2) is 97.1 Å². The Hall–Kier alpha value is -3.85. The lowest BCUT2D eigenvalue weighted by Gasteiger charge is -2.33. The van der Waals surface area contributed by atoms with E-state index in [0.717, 1.165) is 17.0 Å². The second-order valence-corrected chi connectivity index (χ2v) is 11.2. The molecule has 1 aliphatic rings. The molecule has 0 spiro atoms. The lowest BCUT2D eigenvalue weighted by atomic mass is 9.72. The Kier molecular flexibility index (Phi) is 6.41. The molecule has 188 valence electrons. The first kappa shape index (κ1) is 24.8. The maximum absolute atomic E-state index is 6.56. The summed E-state index contributed by atoms with van der Waals surface area (Å²) < 4.78 is 8.76. The molecular formula is C34H37N2O+. The Bertz CT molecular complexity index is 1420. The summed E-state index contributed by atoms with van der Waals surface area (Å²) in [7, 11) is 4.13. The minimum absolute atomic E-state index is 0.165. The molecule has 0 aromatic heterocycles. The Morgan fingerprint density at radius 2 is 1.24 bits per heavy atom. The van der Waals surface area contributed by atoms with Gasteiger partial charge in [0, 0.05) is 48.3 Å². The quantitative estimate of drug-likeness (QED) is 0.260. The molecule has 1 heterocycles. The van der Waals surface area contributed by atoms with Crippen LogP contribution in [0.3, 0.4) is 0 Å². The molecule has 1 aliphatic heterocycles. The Morgan fingerprint density at radius 1 is 0.676 bits per heavy atom. The van der Waals surface area contributed by atoms with E-state index >= 15 is 0 Å². The van der Waals surface area contributed by atoms with Crippen LogP contribution >= 0.6 is 0 Å². The predicted molar refractivity (Wildman–Crippen MR) is 155 cm³/mol. The van der Waals surface area contributed by atoms with Crippen molar-refractivity contribution in [3.05, 3.63) is 125 Å². The Balaban J connectivity index is 1.68. The van der Waals surface area contributed by atoms with Crippen molar-refractivity contribution in [2.24, 2.45) is 0 Å². The highest BCUT2D eigenvalue weighted by molar-refractivity contribution is 5.84. The minimum Gasteiger partial charge on any atom is -0.435 e. The normalized spacial score (nSPS) is 13.4. The molecule has 0 bridgehead atoms. The van der Waals surface area contributed by atoms with Crippen LogP contribution in [0.1, 0.15) is 55.5 Å². The highest BCUT2D eigenvalue weighted by atomic mass is 16.5. The van der Waals surface area contributed by atoms with Crippen molar-refractivity contribution in [2.75, 3.05) is 25.7 Å². The summed E-state index contributed by atoms with van der Waals surface area (Å²) >= 11 is 0. The molecule has 0 saturated heterocycles. The number of hydrogen-bond acceptors (Lipinski definition) is 2. The first-order valence-electron chi connectivity index (χ1n) is 13.0. The average molecular weight is 490 g/mol. The molecule has 37 heavy (non-hydrogen) atoms. The summed E-state index contributed by atoms with van der Waals surface area (Å²) in [6.07, 6.45) is 2.25. The molecule has 0 radical (unpaired) electrons. The standard InChI is InChI=1S/C34H37N2O/c1-33(2,26-13-9-7-10-14-26)28-21-25-23-36(30-19-17-29(18-20-30)35(5)6)24-37-32(25)31(22-28)34(3,4)27-15-11-8-12-16-27/h7-23H,24H2,1-6H3/q+1. The number of fused-ring (bicyclic) bond motifs is 1. The summed E-state index contributed by atoms with van der Waals surface area (Å²) in [5.41, 5.74) is 8.09. The van der Waals surface area contributed by atoms with E-state index in [1.807, 2.05) is 0 Å². The van der Waals surface area contributed by atoms with Gasteiger partial charge in [-0.2, -0.15) is 4.58 Å². The molecule has 4 aromatic rings. The van der Waals surface area contributed by atoms with Gasteiger partial charge in [0.2, 0.25) is 5.69 Å². The number of nitrogens with zero attached hydrogens (tertiary/aromatic N) is 2. The second kappa shape index (κ2) is 9.55. The van der Waals surface area contributed by atoms with E-state index in [-0.39, 0.29) is 10.8 Å². The summed E-state index contributed by atoms with van der Waals surface area (Å²) in [6, 6.07) is 34.8. The van der Waals surface area contributed by atoms with E-state index in [1.54, 1.807) is 0 Å². The Labute approximate surface area is 221 Å². The molecule has 0 fully saturated rings. The molecule has 0 unspecified atom stereocenters. The molecule has 5 rings (SSSR count). The third-order valence-corrected chi connectivity index (χ3v) is 7.84. The lowest BCUT2D eigenvalue weighted by molar-refractivity contribution is -0.476. The van der Waals surface area contributed by atoms with Crippen LogP contribution in [0.4, 0.5) is 11.4 Å². The fourth-order valence-electron chi connectivity index (χ4n) is 5.20. The summed E-state index contributed by atoms with van der Waals surface area (Å²) in [5, 5.41) is 0. The molecule has 0 amide bonds. The van der Waals surface area contributed by atoms with Crippen LogP contribution in [-0.4, -0.2) is 31.6 Å². The van der Waals surface area contributed by atoms with Crippen LogP contribution in [0.25, 0.3) is 0 Å². The van der Waals surface area contributed by atoms with Gasteiger partial charge < -0.3 is 9.64 Å². The molecule has 0 N–H and O–H groups in total. The second-order valence-electron chi connectivity index (χ2n) is 11.2. The van der Waals surface area contributed by atoms with Crippen molar-refractivity contribution >= 4 is 17.6 Å². The van der Waals surface area contributed by atoms with Crippen molar-refractivity contribution in [2.45, 2.75) is 38.5 Å². The molecule has 4 aromatic carbocycles. The van der Waals surface area contributed by atoms with Gasteiger partial charge in [-0.25, -0.2) is 0 Å². The number of ether oxygens (including phenoxy) is 1. The molecule has 0 aliphatic carbocycles. The monoisotopic (exact) mass is 489 g/mol. The third kappa shape index (κ3) is 4.67. The molecule has 0 saturated carbocycles. The first-order valence-corrected chi connectivity index (χ1v) is 13.0. The largest absolute Gasteiger partial charge is 0.435 e. The van der Waals surface area contributed by atoms with E-state index < -0.39 is 0 Å². The van der Waals surface area contributed by atoms with Crippen molar-refractivity contribution in [1.82, 2.24) is 0 Å². The van der Waals surface area contributed by atoms with Gasteiger partial charge in [-0.15, -0.1) is 0 Å². The molecule has 3 heteroatoms. The van der Waals surface area contributed by atoms with Crippen LogP contribution in [-0.2, 0) is 10.8 Å². The van der Waals surface area contributed by atoms with Crippen molar-refractivity contribution in [3.8, 4) is 5.75 Å². The van der Waals surface area contributed by atoms with Crippen molar-refractivity contribution in [1.29, 1.82) is 0 Å². The van der Waals surface area contributed by atoms with Gasteiger partial charge in [-0.3, -0.25) is 0 Å². The number of rotatable bonds is 6. The number of benzene rings is 4. The van der Waals surface area contributed by atoms with Crippen LogP contribution in [0.2, 0.25) is 0 Å². The van der Waals surface area contributed by atoms with E-state index in [1.165, 1.54) is 27.9 Å². The van der Waals surface area contributed by atoms with Gasteiger partial charge in [0.25, 0.3) is 6.73 Å². The van der Waals surface area contributed by atoms with Crippen LogP contribution < -0.4 is 9.64 Å². The van der Waals surface area contributed by atoms with Crippen molar-refractivity contribution < 1.29 is 9.31 Å². The summed E-state index contributed by atoms with van der Waals surface area (Å²) in [6.45, 7) is 9.70. The van der Waals surface area contributed by atoms with Gasteiger partial charge in [0.05, 0.1) is 5.56 Å². The Morgan fingerprint density at radius 3 is 1.81 bits per heavy atom.